The summed E-state index contributed by atoms with van der Waals surface area (Å²) in [7, 11) is 3.45. The standard InChI is InChI=1S/C11H11BrClN3O/c1-16-9(10(12)15-11(16)14)7-5-6(13)3-4-8(7)17-2/h3-5H,1-2H3,(H2,14,15). The molecule has 0 fully saturated rings. The summed E-state index contributed by atoms with van der Waals surface area (Å²) in [5.74, 6) is 1.15. The van der Waals surface area contributed by atoms with Crippen molar-refractivity contribution in [3.63, 3.8) is 0 Å². The van der Waals surface area contributed by atoms with Gasteiger partial charge in [0.25, 0.3) is 0 Å². The number of imidazole rings is 1. The van der Waals surface area contributed by atoms with Crippen LogP contribution in [-0.4, -0.2) is 16.7 Å². The second-order valence-corrected chi connectivity index (χ2v) is 4.70. The Morgan fingerprint density at radius 2 is 2.18 bits per heavy atom. The average Bonchev–Trinajstić information content (AvgIpc) is 2.53. The summed E-state index contributed by atoms with van der Waals surface area (Å²) in [5.41, 5.74) is 7.44. The highest BCUT2D eigenvalue weighted by Crippen LogP contribution is 2.37. The molecule has 6 heteroatoms. The van der Waals surface area contributed by atoms with Crippen LogP contribution in [0.3, 0.4) is 0 Å². The fraction of sp³-hybridized carbons (Fsp3) is 0.182. The fourth-order valence-corrected chi connectivity index (χ4v) is 2.47. The third kappa shape index (κ3) is 2.12. The van der Waals surface area contributed by atoms with Crippen LogP contribution in [0.5, 0.6) is 5.75 Å². The van der Waals surface area contributed by atoms with Crippen LogP contribution in [-0.2, 0) is 7.05 Å². The Morgan fingerprint density at radius 3 is 2.71 bits per heavy atom. The van der Waals surface area contributed by atoms with Crippen LogP contribution in [0.25, 0.3) is 11.3 Å². The topological polar surface area (TPSA) is 53.1 Å². The summed E-state index contributed by atoms with van der Waals surface area (Å²) in [4.78, 5) is 4.15. The van der Waals surface area contributed by atoms with Crippen LogP contribution in [0, 0.1) is 0 Å². The number of hydrogen-bond acceptors (Lipinski definition) is 3. The first kappa shape index (κ1) is 12.3. The van der Waals surface area contributed by atoms with E-state index in [1.165, 1.54) is 0 Å². The zero-order valence-electron chi connectivity index (χ0n) is 9.37. The SMILES string of the molecule is COc1ccc(Cl)cc1-c1c(Br)nc(N)n1C. The Morgan fingerprint density at radius 1 is 1.47 bits per heavy atom. The molecule has 2 N–H and O–H groups in total. The molecular formula is C11H11BrClN3O. The number of ether oxygens (including phenoxy) is 1. The zero-order chi connectivity index (χ0) is 12.6. The Kier molecular flexibility index (Phi) is 3.31. The molecule has 4 nitrogen and oxygen atoms in total. The Hall–Kier alpha value is -1.20. The van der Waals surface area contributed by atoms with Gasteiger partial charge in [-0.1, -0.05) is 11.6 Å². The molecule has 1 heterocycles. The molecule has 0 aliphatic heterocycles. The van der Waals surface area contributed by atoms with E-state index < -0.39 is 0 Å². The number of methoxy groups -OCH3 is 1. The molecule has 0 saturated carbocycles. The van der Waals surface area contributed by atoms with Gasteiger partial charge < -0.3 is 15.0 Å². The summed E-state index contributed by atoms with van der Waals surface area (Å²) >= 11 is 9.39. The number of nitrogens with zero attached hydrogens (tertiary/aromatic N) is 2. The summed E-state index contributed by atoms with van der Waals surface area (Å²) < 4.78 is 7.75. The molecule has 1 aromatic carbocycles. The highest BCUT2D eigenvalue weighted by Gasteiger charge is 2.16. The molecule has 1 aromatic heterocycles. The van der Waals surface area contributed by atoms with Crippen molar-refractivity contribution >= 4 is 33.5 Å². The quantitative estimate of drug-likeness (QED) is 0.926. The van der Waals surface area contributed by atoms with Gasteiger partial charge in [0.1, 0.15) is 10.4 Å². The van der Waals surface area contributed by atoms with E-state index in [1.807, 2.05) is 19.2 Å². The maximum absolute atomic E-state index is 6.00. The number of anilines is 1. The van der Waals surface area contributed by atoms with Gasteiger partial charge in [0.15, 0.2) is 0 Å². The van der Waals surface area contributed by atoms with Crippen molar-refractivity contribution in [1.29, 1.82) is 0 Å². The first-order chi connectivity index (χ1) is 8.04. The number of benzene rings is 1. The van der Waals surface area contributed by atoms with Crippen molar-refractivity contribution in [3.8, 4) is 17.0 Å². The zero-order valence-corrected chi connectivity index (χ0v) is 11.7. The molecular weight excluding hydrogens is 305 g/mol. The van der Waals surface area contributed by atoms with Gasteiger partial charge in [-0.05, 0) is 34.1 Å². The van der Waals surface area contributed by atoms with E-state index in [4.69, 9.17) is 22.1 Å². The Labute approximate surface area is 112 Å². The van der Waals surface area contributed by atoms with Crippen molar-refractivity contribution in [1.82, 2.24) is 9.55 Å². The third-order valence-corrected chi connectivity index (χ3v) is 3.29. The van der Waals surface area contributed by atoms with Gasteiger partial charge in [-0.15, -0.1) is 0 Å². The van der Waals surface area contributed by atoms with Crippen molar-refractivity contribution in [2.75, 3.05) is 12.8 Å². The van der Waals surface area contributed by atoms with Gasteiger partial charge in [-0.2, -0.15) is 0 Å². The van der Waals surface area contributed by atoms with Crippen molar-refractivity contribution in [3.05, 3.63) is 27.8 Å². The minimum Gasteiger partial charge on any atom is -0.496 e. The maximum atomic E-state index is 6.00. The second kappa shape index (κ2) is 4.58. The molecule has 0 saturated heterocycles. The van der Waals surface area contributed by atoms with Gasteiger partial charge in [-0.25, -0.2) is 4.98 Å². The van der Waals surface area contributed by atoms with E-state index in [1.54, 1.807) is 17.7 Å². The van der Waals surface area contributed by atoms with Crippen LogP contribution in [0.2, 0.25) is 5.02 Å². The van der Waals surface area contributed by atoms with Crippen LogP contribution in [0.4, 0.5) is 5.95 Å². The van der Waals surface area contributed by atoms with Crippen molar-refractivity contribution in [2.24, 2.45) is 7.05 Å². The second-order valence-electron chi connectivity index (χ2n) is 3.51. The minimum absolute atomic E-state index is 0.425. The Bertz CT molecular complexity index is 568. The summed E-state index contributed by atoms with van der Waals surface area (Å²) in [5, 5.41) is 0.632. The van der Waals surface area contributed by atoms with E-state index in [2.05, 4.69) is 20.9 Å². The molecule has 0 atom stereocenters. The lowest BCUT2D eigenvalue weighted by Crippen LogP contribution is -1.99. The first-order valence-electron chi connectivity index (χ1n) is 4.86. The first-order valence-corrected chi connectivity index (χ1v) is 6.03. The molecule has 0 radical (unpaired) electrons. The van der Waals surface area contributed by atoms with Gasteiger partial charge in [0.2, 0.25) is 5.95 Å². The van der Waals surface area contributed by atoms with E-state index in [-0.39, 0.29) is 0 Å². The van der Waals surface area contributed by atoms with Crippen molar-refractivity contribution < 1.29 is 4.74 Å². The van der Waals surface area contributed by atoms with E-state index in [9.17, 15) is 0 Å². The van der Waals surface area contributed by atoms with Gasteiger partial charge in [0.05, 0.1) is 12.8 Å². The number of rotatable bonds is 2. The number of hydrogen-bond donors (Lipinski definition) is 1. The monoisotopic (exact) mass is 315 g/mol. The molecule has 2 aromatic rings. The molecule has 0 unspecified atom stereocenters. The van der Waals surface area contributed by atoms with E-state index in [0.717, 1.165) is 17.0 Å². The van der Waals surface area contributed by atoms with E-state index >= 15 is 0 Å². The molecule has 0 aliphatic rings. The third-order valence-electron chi connectivity index (χ3n) is 2.50. The minimum atomic E-state index is 0.425. The normalized spacial score (nSPS) is 10.6. The Balaban J connectivity index is 2.71. The summed E-state index contributed by atoms with van der Waals surface area (Å²) in [6.45, 7) is 0. The lowest BCUT2D eigenvalue weighted by molar-refractivity contribution is 0.416. The van der Waals surface area contributed by atoms with Crippen LogP contribution in [0.15, 0.2) is 22.8 Å². The van der Waals surface area contributed by atoms with Gasteiger partial charge >= 0.3 is 0 Å². The summed E-state index contributed by atoms with van der Waals surface area (Å²) in [6.07, 6.45) is 0. The van der Waals surface area contributed by atoms with E-state index in [0.29, 0.717) is 15.6 Å². The molecule has 0 bridgehead atoms. The molecule has 2 rings (SSSR count). The molecule has 0 aliphatic carbocycles. The molecule has 0 spiro atoms. The maximum Gasteiger partial charge on any atom is 0.201 e. The average molecular weight is 317 g/mol. The number of nitrogen functional groups attached to an aromatic ring is 1. The van der Waals surface area contributed by atoms with Crippen LogP contribution in [0.1, 0.15) is 0 Å². The predicted molar refractivity (Wildman–Crippen MR) is 72.3 cm³/mol. The molecule has 90 valence electrons. The van der Waals surface area contributed by atoms with Crippen molar-refractivity contribution in [2.45, 2.75) is 0 Å². The number of nitrogens with two attached hydrogens (primary N) is 1. The molecule has 17 heavy (non-hydrogen) atoms. The highest BCUT2D eigenvalue weighted by molar-refractivity contribution is 9.10. The lowest BCUT2D eigenvalue weighted by Gasteiger charge is -2.10. The number of aromatic nitrogens is 2. The lowest BCUT2D eigenvalue weighted by atomic mass is 10.1. The fourth-order valence-electron chi connectivity index (χ4n) is 1.64. The van der Waals surface area contributed by atoms with Gasteiger partial charge in [-0.3, -0.25) is 0 Å². The molecule has 0 amide bonds. The van der Waals surface area contributed by atoms with Gasteiger partial charge in [0, 0.05) is 17.6 Å². The van der Waals surface area contributed by atoms with Crippen LogP contribution < -0.4 is 10.5 Å². The largest absolute Gasteiger partial charge is 0.496 e. The smallest absolute Gasteiger partial charge is 0.201 e. The summed E-state index contributed by atoms with van der Waals surface area (Å²) in [6, 6.07) is 5.41. The predicted octanol–water partition coefficient (Wildman–Crippen LogP) is 3.09. The number of halogens is 2. The highest BCUT2D eigenvalue weighted by atomic mass is 79.9. The van der Waals surface area contributed by atoms with Crippen LogP contribution >= 0.6 is 27.5 Å².